The summed E-state index contributed by atoms with van der Waals surface area (Å²) in [7, 11) is 0. The van der Waals surface area contributed by atoms with Gasteiger partial charge in [-0.25, -0.2) is 4.39 Å². The predicted molar refractivity (Wildman–Crippen MR) is 94.2 cm³/mol. The SMILES string of the molecule is CC=C[C@H]1CC[C@H](c2ccc(-c3ccc(F)c(Cl)c3)nc2)CC1. The van der Waals surface area contributed by atoms with Crippen molar-refractivity contribution in [2.75, 3.05) is 0 Å². The van der Waals surface area contributed by atoms with Crippen LogP contribution in [-0.2, 0) is 0 Å². The van der Waals surface area contributed by atoms with Crippen LogP contribution in [0.15, 0.2) is 48.7 Å². The van der Waals surface area contributed by atoms with Crippen LogP contribution in [0.5, 0.6) is 0 Å². The van der Waals surface area contributed by atoms with Crippen molar-refractivity contribution in [1.82, 2.24) is 4.98 Å². The first kappa shape index (κ1) is 16.2. The van der Waals surface area contributed by atoms with Crippen molar-refractivity contribution in [3.63, 3.8) is 0 Å². The minimum absolute atomic E-state index is 0.135. The van der Waals surface area contributed by atoms with Gasteiger partial charge in [0.15, 0.2) is 0 Å². The molecule has 1 nitrogen and oxygen atoms in total. The molecule has 3 heteroatoms. The first-order chi connectivity index (χ1) is 11.2. The van der Waals surface area contributed by atoms with Crippen molar-refractivity contribution >= 4 is 11.6 Å². The summed E-state index contributed by atoms with van der Waals surface area (Å²) in [6.07, 6.45) is 11.4. The molecule has 0 bridgehead atoms. The average molecular weight is 330 g/mol. The number of allylic oxidation sites excluding steroid dienone is 2. The molecule has 1 aliphatic carbocycles. The molecular formula is C20H21ClFN. The average Bonchev–Trinajstić information content (AvgIpc) is 2.59. The second-order valence-electron chi connectivity index (χ2n) is 6.24. The first-order valence-corrected chi connectivity index (χ1v) is 8.59. The third-order valence-electron chi connectivity index (χ3n) is 4.71. The summed E-state index contributed by atoms with van der Waals surface area (Å²) in [5.41, 5.74) is 2.99. The molecular weight excluding hydrogens is 309 g/mol. The van der Waals surface area contributed by atoms with E-state index in [-0.39, 0.29) is 5.02 Å². The maximum atomic E-state index is 13.3. The molecule has 23 heavy (non-hydrogen) atoms. The summed E-state index contributed by atoms with van der Waals surface area (Å²) in [4.78, 5) is 4.56. The maximum absolute atomic E-state index is 13.3. The maximum Gasteiger partial charge on any atom is 0.141 e. The van der Waals surface area contributed by atoms with Gasteiger partial charge in [-0.15, -0.1) is 0 Å². The van der Waals surface area contributed by atoms with E-state index in [0.717, 1.165) is 17.2 Å². The number of aromatic nitrogens is 1. The molecule has 0 spiro atoms. The van der Waals surface area contributed by atoms with Crippen molar-refractivity contribution in [2.45, 2.75) is 38.5 Å². The number of benzene rings is 1. The molecule has 1 saturated carbocycles. The highest BCUT2D eigenvalue weighted by Crippen LogP contribution is 2.36. The van der Waals surface area contributed by atoms with Crippen LogP contribution < -0.4 is 0 Å². The van der Waals surface area contributed by atoms with Gasteiger partial charge in [-0.2, -0.15) is 0 Å². The van der Waals surface area contributed by atoms with Gasteiger partial charge in [0.1, 0.15) is 5.82 Å². The third-order valence-corrected chi connectivity index (χ3v) is 5.00. The van der Waals surface area contributed by atoms with Crippen LogP contribution in [0, 0.1) is 11.7 Å². The lowest BCUT2D eigenvalue weighted by molar-refractivity contribution is 0.375. The lowest BCUT2D eigenvalue weighted by Gasteiger charge is -2.26. The highest BCUT2D eigenvalue weighted by molar-refractivity contribution is 6.31. The number of hydrogen-bond acceptors (Lipinski definition) is 1. The highest BCUT2D eigenvalue weighted by Gasteiger charge is 2.21. The van der Waals surface area contributed by atoms with Crippen LogP contribution in [-0.4, -0.2) is 4.98 Å². The molecule has 3 rings (SSSR count). The van der Waals surface area contributed by atoms with Gasteiger partial charge in [0, 0.05) is 11.8 Å². The highest BCUT2D eigenvalue weighted by atomic mass is 35.5. The quantitative estimate of drug-likeness (QED) is 0.594. The lowest BCUT2D eigenvalue weighted by Crippen LogP contribution is -2.11. The zero-order valence-electron chi connectivity index (χ0n) is 13.3. The van der Waals surface area contributed by atoms with Crippen LogP contribution in [0.4, 0.5) is 4.39 Å². The Hall–Kier alpha value is -1.67. The second kappa shape index (κ2) is 7.27. The van der Waals surface area contributed by atoms with E-state index in [9.17, 15) is 4.39 Å². The number of pyridine rings is 1. The molecule has 0 unspecified atom stereocenters. The van der Waals surface area contributed by atoms with Crippen molar-refractivity contribution in [1.29, 1.82) is 0 Å². The number of rotatable bonds is 3. The zero-order valence-corrected chi connectivity index (χ0v) is 14.1. The van der Waals surface area contributed by atoms with Gasteiger partial charge in [-0.3, -0.25) is 4.98 Å². The Morgan fingerprint density at radius 2 is 1.91 bits per heavy atom. The van der Waals surface area contributed by atoms with E-state index < -0.39 is 5.82 Å². The molecule has 1 fully saturated rings. The fraction of sp³-hybridized carbons (Fsp3) is 0.350. The van der Waals surface area contributed by atoms with Gasteiger partial charge in [-0.1, -0.05) is 29.8 Å². The molecule has 2 aromatic rings. The molecule has 1 aromatic heterocycles. The normalized spacial score (nSPS) is 21.7. The molecule has 1 aliphatic rings. The lowest BCUT2D eigenvalue weighted by atomic mass is 9.79. The molecule has 120 valence electrons. The molecule has 0 atom stereocenters. The Labute approximate surface area is 142 Å². The Morgan fingerprint density at radius 3 is 2.52 bits per heavy atom. The van der Waals surface area contributed by atoms with Gasteiger partial charge in [-0.05, 0) is 74.3 Å². The minimum Gasteiger partial charge on any atom is -0.256 e. The Bertz CT molecular complexity index is 685. The fourth-order valence-corrected chi connectivity index (χ4v) is 3.57. The van der Waals surface area contributed by atoms with E-state index in [4.69, 9.17) is 11.6 Å². The summed E-state index contributed by atoms with van der Waals surface area (Å²) in [5, 5.41) is 0.135. The van der Waals surface area contributed by atoms with Crippen LogP contribution in [0.25, 0.3) is 11.3 Å². The smallest absolute Gasteiger partial charge is 0.141 e. The minimum atomic E-state index is -0.398. The largest absolute Gasteiger partial charge is 0.256 e. The van der Waals surface area contributed by atoms with Crippen molar-refractivity contribution in [3.05, 3.63) is 65.1 Å². The fourth-order valence-electron chi connectivity index (χ4n) is 3.39. The summed E-state index contributed by atoms with van der Waals surface area (Å²) in [6, 6.07) is 8.89. The van der Waals surface area contributed by atoms with E-state index in [1.807, 2.05) is 12.3 Å². The molecule has 0 aliphatic heterocycles. The summed E-state index contributed by atoms with van der Waals surface area (Å²) in [5.74, 6) is 0.949. The van der Waals surface area contributed by atoms with Gasteiger partial charge in [0.25, 0.3) is 0 Å². The topological polar surface area (TPSA) is 12.9 Å². The molecule has 1 heterocycles. The first-order valence-electron chi connectivity index (χ1n) is 8.21. The van der Waals surface area contributed by atoms with Crippen LogP contribution in [0.3, 0.4) is 0 Å². The van der Waals surface area contributed by atoms with E-state index in [2.05, 4.69) is 30.1 Å². The number of hydrogen-bond donors (Lipinski definition) is 0. The molecule has 1 aromatic carbocycles. The van der Waals surface area contributed by atoms with E-state index in [0.29, 0.717) is 5.92 Å². The van der Waals surface area contributed by atoms with E-state index >= 15 is 0 Å². The van der Waals surface area contributed by atoms with Crippen LogP contribution in [0.2, 0.25) is 5.02 Å². The van der Waals surface area contributed by atoms with Crippen LogP contribution >= 0.6 is 11.6 Å². The van der Waals surface area contributed by atoms with E-state index in [1.54, 1.807) is 12.1 Å². The summed E-state index contributed by atoms with van der Waals surface area (Å²) >= 11 is 5.85. The second-order valence-corrected chi connectivity index (χ2v) is 6.65. The number of nitrogens with zero attached hydrogens (tertiary/aromatic N) is 1. The van der Waals surface area contributed by atoms with Gasteiger partial charge in [0.2, 0.25) is 0 Å². The molecule has 0 radical (unpaired) electrons. The Morgan fingerprint density at radius 1 is 1.13 bits per heavy atom. The third kappa shape index (κ3) is 3.81. The Kier molecular flexibility index (Phi) is 5.12. The summed E-state index contributed by atoms with van der Waals surface area (Å²) in [6.45, 7) is 2.09. The van der Waals surface area contributed by atoms with Crippen molar-refractivity contribution in [2.24, 2.45) is 5.92 Å². The number of halogens is 2. The Balaban J connectivity index is 1.71. The molecule has 0 amide bonds. The van der Waals surface area contributed by atoms with Crippen molar-refractivity contribution < 1.29 is 4.39 Å². The van der Waals surface area contributed by atoms with E-state index in [1.165, 1.54) is 37.3 Å². The summed E-state index contributed by atoms with van der Waals surface area (Å²) < 4.78 is 13.3. The standard InChI is InChI=1S/C20H21ClFN/c1-2-3-14-4-6-15(7-5-14)17-9-11-20(23-13-17)16-8-10-19(22)18(21)12-16/h2-3,8-15H,4-7H2,1H3/t14-,15-. The molecule has 0 N–H and O–H groups in total. The predicted octanol–water partition coefficient (Wildman–Crippen LogP) is 6.39. The van der Waals surface area contributed by atoms with Crippen LogP contribution in [0.1, 0.15) is 44.1 Å². The van der Waals surface area contributed by atoms with Gasteiger partial charge < -0.3 is 0 Å². The zero-order chi connectivity index (χ0) is 16.2. The van der Waals surface area contributed by atoms with Gasteiger partial charge >= 0.3 is 0 Å². The van der Waals surface area contributed by atoms with Gasteiger partial charge in [0.05, 0.1) is 10.7 Å². The van der Waals surface area contributed by atoms with Crippen molar-refractivity contribution in [3.8, 4) is 11.3 Å². The molecule has 0 saturated heterocycles. The monoisotopic (exact) mass is 329 g/mol.